The molecule has 0 bridgehead atoms. The molecule has 3 heteroatoms. The molecule has 0 aliphatic heterocycles. The Hall–Kier alpha value is -0.830. The van der Waals surface area contributed by atoms with Crippen LogP contribution in [0.1, 0.15) is 33.6 Å². The number of ether oxygens (including phenoxy) is 1. The van der Waals surface area contributed by atoms with E-state index in [0.29, 0.717) is 12.8 Å². The fourth-order valence-corrected chi connectivity index (χ4v) is 1.43. The van der Waals surface area contributed by atoms with Crippen molar-refractivity contribution >= 4 is 5.97 Å². The van der Waals surface area contributed by atoms with Gasteiger partial charge in [-0.2, -0.15) is 0 Å². The SMILES string of the molecule is CC1=CCC(O)(C(=O)OC(C)C)C1. The number of esters is 1. The summed E-state index contributed by atoms with van der Waals surface area (Å²) in [4.78, 5) is 11.4. The van der Waals surface area contributed by atoms with Crippen LogP contribution in [-0.4, -0.2) is 22.8 Å². The first-order valence-electron chi connectivity index (χ1n) is 4.53. The topological polar surface area (TPSA) is 46.5 Å². The largest absolute Gasteiger partial charge is 0.461 e. The lowest BCUT2D eigenvalue weighted by atomic mass is 10.0. The summed E-state index contributed by atoms with van der Waals surface area (Å²) in [5.74, 6) is -0.504. The monoisotopic (exact) mass is 184 g/mol. The molecule has 0 aromatic rings. The maximum Gasteiger partial charge on any atom is 0.339 e. The van der Waals surface area contributed by atoms with Crippen LogP contribution in [0.4, 0.5) is 0 Å². The van der Waals surface area contributed by atoms with Crippen molar-refractivity contribution in [2.24, 2.45) is 0 Å². The van der Waals surface area contributed by atoms with Gasteiger partial charge in [0.1, 0.15) is 0 Å². The van der Waals surface area contributed by atoms with Gasteiger partial charge >= 0.3 is 5.97 Å². The normalized spacial score (nSPS) is 27.6. The summed E-state index contributed by atoms with van der Waals surface area (Å²) < 4.78 is 4.96. The van der Waals surface area contributed by atoms with Crippen LogP contribution in [0.15, 0.2) is 11.6 Å². The van der Waals surface area contributed by atoms with Gasteiger partial charge in [0.2, 0.25) is 0 Å². The number of carbonyl (C=O) groups is 1. The van der Waals surface area contributed by atoms with E-state index in [9.17, 15) is 9.90 Å². The molecule has 0 aromatic heterocycles. The van der Waals surface area contributed by atoms with E-state index in [0.717, 1.165) is 5.57 Å². The zero-order valence-corrected chi connectivity index (χ0v) is 8.33. The highest BCUT2D eigenvalue weighted by molar-refractivity contribution is 5.80. The van der Waals surface area contributed by atoms with Crippen LogP contribution in [0.5, 0.6) is 0 Å². The van der Waals surface area contributed by atoms with Gasteiger partial charge in [0, 0.05) is 12.8 Å². The van der Waals surface area contributed by atoms with Crippen LogP contribution in [0.2, 0.25) is 0 Å². The predicted octanol–water partition coefficient (Wildman–Crippen LogP) is 1.41. The van der Waals surface area contributed by atoms with Crippen molar-refractivity contribution in [1.82, 2.24) is 0 Å². The molecule has 13 heavy (non-hydrogen) atoms. The van der Waals surface area contributed by atoms with E-state index in [-0.39, 0.29) is 6.10 Å². The maximum absolute atomic E-state index is 11.4. The summed E-state index contributed by atoms with van der Waals surface area (Å²) in [6.07, 6.45) is 2.49. The van der Waals surface area contributed by atoms with E-state index in [1.54, 1.807) is 13.8 Å². The summed E-state index contributed by atoms with van der Waals surface area (Å²) in [6, 6.07) is 0. The lowest BCUT2D eigenvalue weighted by molar-refractivity contribution is -0.168. The second-order valence-corrected chi connectivity index (χ2v) is 3.92. The lowest BCUT2D eigenvalue weighted by Crippen LogP contribution is -2.38. The Morgan fingerprint density at radius 2 is 2.31 bits per heavy atom. The van der Waals surface area contributed by atoms with Crippen LogP contribution in [-0.2, 0) is 9.53 Å². The Bertz CT molecular complexity index is 243. The van der Waals surface area contributed by atoms with Crippen molar-refractivity contribution in [3.63, 3.8) is 0 Å². The second-order valence-electron chi connectivity index (χ2n) is 3.92. The molecule has 1 aliphatic rings. The van der Waals surface area contributed by atoms with E-state index in [2.05, 4.69) is 0 Å². The summed E-state index contributed by atoms with van der Waals surface area (Å²) in [6.45, 7) is 5.45. The summed E-state index contributed by atoms with van der Waals surface area (Å²) >= 11 is 0. The van der Waals surface area contributed by atoms with Gasteiger partial charge in [0.15, 0.2) is 5.60 Å². The molecule has 1 unspecified atom stereocenters. The molecule has 0 fully saturated rings. The molecule has 0 saturated carbocycles. The Balaban J connectivity index is 2.57. The van der Waals surface area contributed by atoms with Crippen LogP contribution >= 0.6 is 0 Å². The van der Waals surface area contributed by atoms with Crippen molar-refractivity contribution in [2.75, 3.05) is 0 Å². The smallest absolute Gasteiger partial charge is 0.339 e. The van der Waals surface area contributed by atoms with Gasteiger partial charge in [0.25, 0.3) is 0 Å². The summed E-state index contributed by atoms with van der Waals surface area (Å²) in [5, 5.41) is 9.85. The fraction of sp³-hybridized carbons (Fsp3) is 0.700. The fourth-order valence-electron chi connectivity index (χ4n) is 1.43. The minimum absolute atomic E-state index is 0.169. The van der Waals surface area contributed by atoms with Crippen LogP contribution in [0, 0.1) is 0 Å². The van der Waals surface area contributed by atoms with Crippen molar-refractivity contribution in [3.05, 3.63) is 11.6 Å². The van der Waals surface area contributed by atoms with Crippen molar-refractivity contribution < 1.29 is 14.6 Å². The first kappa shape index (κ1) is 10.3. The quantitative estimate of drug-likeness (QED) is 0.521. The molecule has 0 saturated heterocycles. The average molecular weight is 184 g/mol. The zero-order valence-electron chi connectivity index (χ0n) is 8.33. The molecule has 0 radical (unpaired) electrons. The number of hydrogen-bond acceptors (Lipinski definition) is 3. The van der Waals surface area contributed by atoms with Gasteiger partial charge in [-0.1, -0.05) is 11.6 Å². The molecule has 0 aromatic carbocycles. The van der Waals surface area contributed by atoms with E-state index >= 15 is 0 Å². The molecule has 1 aliphatic carbocycles. The van der Waals surface area contributed by atoms with Gasteiger partial charge in [-0.05, 0) is 20.8 Å². The van der Waals surface area contributed by atoms with Crippen LogP contribution < -0.4 is 0 Å². The molecule has 1 rings (SSSR count). The van der Waals surface area contributed by atoms with Crippen molar-refractivity contribution in [2.45, 2.75) is 45.3 Å². The van der Waals surface area contributed by atoms with Gasteiger partial charge in [0.05, 0.1) is 6.10 Å². The van der Waals surface area contributed by atoms with Crippen molar-refractivity contribution in [3.8, 4) is 0 Å². The molecule has 1 N–H and O–H groups in total. The van der Waals surface area contributed by atoms with Gasteiger partial charge < -0.3 is 9.84 Å². The number of rotatable bonds is 2. The third-order valence-corrected chi connectivity index (χ3v) is 2.08. The van der Waals surface area contributed by atoms with Gasteiger partial charge in [-0.15, -0.1) is 0 Å². The highest BCUT2D eigenvalue weighted by atomic mass is 16.6. The van der Waals surface area contributed by atoms with Crippen LogP contribution in [0.3, 0.4) is 0 Å². The molecule has 3 nitrogen and oxygen atoms in total. The Morgan fingerprint density at radius 3 is 2.69 bits per heavy atom. The van der Waals surface area contributed by atoms with Gasteiger partial charge in [-0.3, -0.25) is 0 Å². The molecule has 0 amide bonds. The number of aliphatic hydroxyl groups is 1. The first-order chi connectivity index (χ1) is 5.94. The third-order valence-electron chi connectivity index (χ3n) is 2.08. The molecule has 0 heterocycles. The van der Waals surface area contributed by atoms with Crippen LogP contribution in [0.25, 0.3) is 0 Å². The second kappa shape index (κ2) is 3.50. The highest BCUT2D eigenvalue weighted by Crippen LogP contribution is 2.30. The van der Waals surface area contributed by atoms with Gasteiger partial charge in [-0.25, -0.2) is 4.79 Å². The molecule has 0 spiro atoms. The average Bonchev–Trinajstić information content (AvgIpc) is 2.31. The number of carbonyl (C=O) groups excluding carboxylic acids is 1. The van der Waals surface area contributed by atoms with E-state index in [4.69, 9.17) is 4.74 Å². The van der Waals surface area contributed by atoms with Crippen molar-refractivity contribution in [1.29, 1.82) is 0 Å². The number of hydrogen-bond donors (Lipinski definition) is 1. The maximum atomic E-state index is 11.4. The molecule has 1 atom stereocenters. The zero-order chi connectivity index (χ0) is 10.1. The minimum Gasteiger partial charge on any atom is -0.461 e. The van der Waals surface area contributed by atoms with E-state index in [1.807, 2.05) is 13.0 Å². The molecular weight excluding hydrogens is 168 g/mol. The third kappa shape index (κ3) is 2.31. The Labute approximate surface area is 78.4 Å². The van der Waals surface area contributed by atoms with E-state index in [1.165, 1.54) is 0 Å². The first-order valence-corrected chi connectivity index (χ1v) is 4.53. The molecule has 74 valence electrons. The predicted molar refractivity (Wildman–Crippen MR) is 49.2 cm³/mol. The Morgan fingerprint density at radius 1 is 1.69 bits per heavy atom. The highest BCUT2D eigenvalue weighted by Gasteiger charge is 2.40. The molecular formula is C10H16O3. The van der Waals surface area contributed by atoms with E-state index < -0.39 is 11.6 Å². The summed E-state index contributed by atoms with van der Waals surface area (Å²) in [7, 11) is 0. The standard InChI is InChI=1S/C10H16O3/c1-7(2)13-9(11)10(12)5-4-8(3)6-10/h4,7,12H,5-6H2,1-3H3. The summed E-state index contributed by atoms with van der Waals surface area (Å²) in [5.41, 5.74) is -0.253. The Kier molecular flexibility index (Phi) is 2.76. The lowest BCUT2D eigenvalue weighted by Gasteiger charge is -2.21. The minimum atomic E-state index is -1.30.